The molecule has 0 amide bonds. The summed E-state index contributed by atoms with van der Waals surface area (Å²) in [6.07, 6.45) is -4.47. The van der Waals surface area contributed by atoms with Gasteiger partial charge in [-0.25, -0.2) is 9.18 Å². The number of tetrazole rings is 1. The van der Waals surface area contributed by atoms with Crippen molar-refractivity contribution in [2.75, 3.05) is 0 Å². The third-order valence-electron chi connectivity index (χ3n) is 4.61. The highest BCUT2D eigenvalue weighted by molar-refractivity contribution is 6.00. The molecule has 0 aliphatic carbocycles. The first-order valence-electron chi connectivity index (χ1n) is 9.26. The minimum absolute atomic E-state index is 0.0232. The lowest BCUT2D eigenvalue weighted by Gasteiger charge is -2.12. The molecule has 0 fully saturated rings. The van der Waals surface area contributed by atoms with Gasteiger partial charge in [-0.15, -0.1) is 0 Å². The van der Waals surface area contributed by atoms with Crippen molar-refractivity contribution in [1.82, 2.24) is 19.8 Å². The molecule has 1 heterocycles. The summed E-state index contributed by atoms with van der Waals surface area (Å²) in [7, 11) is 1.46. The van der Waals surface area contributed by atoms with E-state index in [0.717, 1.165) is 27.1 Å². The number of aryl methyl sites for hydroxylation is 2. The SMILES string of the molecule is CCC(=NOCc1c(C)cccc1-n1nnn(C)c1=O)c1cc(F)cc(C(F)(F)F)c1. The molecule has 31 heavy (non-hydrogen) atoms. The van der Waals surface area contributed by atoms with Gasteiger partial charge in [0, 0.05) is 18.2 Å². The van der Waals surface area contributed by atoms with Gasteiger partial charge < -0.3 is 4.84 Å². The van der Waals surface area contributed by atoms with Crippen molar-refractivity contribution in [2.45, 2.75) is 33.1 Å². The van der Waals surface area contributed by atoms with E-state index >= 15 is 0 Å². The lowest BCUT2D eigenvalue weighted by molar-refractivity contribution is -0.137. The van der Waals surface area contributed by atoms with Gasteiger partial charge >= 0.3 is 11.9 Å². The van der Waals surface area contributed by atoms with Gasteiger partial charge in [0.1, 0.15) is 12.4 Å². The highest BCUT2D eigenvalue weighted by Crippen LogP contribution is 2.30. The van der Waals surface area contributed by atoms with Crippen molar-refractivity contribution >= 4 is 5.71 Å². The summed E-state index contributed by atoms with van der Waals surface area (Å²) in [5.74, 6) is -1.02. The highest BCUT2D eigenvalue weighted by Gasteiger charge is 2.31. The molecule has 11 heteroatoms. The molecule has 7 nitrogen and oxygen atoms in total. The minimum atomic E-state index is -4.68. The first-order valence-corrected chi connectivity index (χ1v) is 9.26. The molecule has 0 aliphatic heterocycles. The Bertz CT molecular complexity index is 1180. The van der Waals surface area contributed by atoms with Crippen molar-refractivity contribution in [3.63, 3.8) is 0 Å². The van der Waals surface area contributed by atoms with Gasteiger partial charge in [-0.2, -0.15) is 22.5 Å². The van der Waals surface area contributed by atoms with Crippen LogP contribution in [-0.2, 0) is 24.7 Å². The Labute approximate surface area is 174 Å². The smallest absolute Gasteiger partial charge is 0.391 e. The van der Waals surface area contributed by atoms with Crippen molar-refractivity contribution in [3.05, 3.63) is 75.0 Å². The number of aromatic nitrogens is 4. The molecular formula is C20H19F4N5O2. The lowest BCUT2D eigenvalue weighted by atomic mass is 10.0. The van der Waals surface area contributed by atoms with E-state index < -0.39 is 23.2 Å². The van der Waals surface area contributed by atoms with E-state index in [0.29, 0.717) is 17.3 Å². The fourth-order valence-corrected chi connectivity index (χ4v) is 2.95. The largest absolute Gasteiger partial charge is 0.416 e. The van der Waals surface area contributed by atoms with Crippen molar-refractivity contribution < 1.29 is 22.4 Å². The summed E-state index contributed by atoms with van der Waals surface area (Å²) in [4.78, 5) is 17.6. The summed E-state index contributed by atoms with van der Waals surface area (Å²) in [6.45, 7) is 3.38. The Morgan fingerprint density at radius 1 is 1.19 bits per heavy atom. The highest BCUT2D eigenvalue weighted by atomic mass is 19.4. The first kappa shape index (κ1) is 22.2. The molecule has 3 rings (SSSR count). The summed E-state index contributed by atoms with van der Waals surface area (Å²) in [6, 6.07) is 7.42. The summed E-state index contributed by atoms with van der Waals surface area (Å²) in [5.41, 5.74) is 0.391. The lowest BCUT2D eigenvalue weighted by Crippen LogP contribution is -2.23. The average Bonchev–Trinajstić information content (AvgIpc) is 3.03. The fraction of sp³-hybridized carbons (Fsp3) is 0.300. The van der Waals surface area contributed by atoms with Crippen LogP contribution in [0.15, 0.2) is 46.3 Å². The van der Waals surface area contributed by atoms with E-state index in [1.807, 2.05) is 0 Å². The molecule has 164 valence electrons. The van der Waals surface area contributed by atoms with Crippen LogP contribution in [0.1, 0.15) is 35.6 Å². The third kappa shape index (κ3) is 4.81. The van der Waals surface area contributed by atoms with Gasteiger partial charge in [-0.1, -0.05) is 24.2 Å². The standard InChI is InChI=1S/C20H19F4N5O2/c1-4-17(13-8-14(20(22,23)24)10-15(21)9-13)25-31-11-16-12(2)6-5-7-18(16)29-19(30)28(3)26-27-29/h5-10H,4,11H2,1-3H3. The zero-order chi connectivity index (χ0) is 22.8. The Hall–Kier alpha value is -3.50. The van der Waals surface area contributed by atoms with Crippen LogP contribution in [0.5, 0.6) is 0 Å². The van der Waals surface area contributed by atoms with Crippen molar-refractivity contribution in [1.29, 1.82) is 0 Å². The molecule has 0 radical (unpaired) electrons. The Morgan fingerprint density at radius 2 is 1.94 bits per heavy atom. The van der Waals surface area contributed by atoms with E-state index in [9.17, 15) is 22.4 Å². The maximum atomic E-state index is 13.7. The molecule has 0 N–H and O–H groups in total. The predicted octanol–water partition coefficient (Wildman–Crippen LogP) is 3.76. The first-order chi connectivity index (χ1) is 14.6. The van der Waals surface area contributed by atoms with Gasteiger partial charge in [0.05, 0.1) is 17.0 Å². The third-order valence-corrected chi connectivity index (χ3v) is 4.61. The van der Waals surface area contributed by atoms with Crippen LogP contribution in [0.4, 0.5) is 17.6 Å². The van der Waals surface area contributed by atoms with Crippen LogP contribution in [-0.4, -0.2) is 25.5 Å². The number of nitrogens with zero attached hydrogens (tertiary/aromatic N) is 5. The number of benzene rings is 2. The number of oxime groups is 1. The quantitative estimate of drug-likeness (QED) is 0.334. The van der Waals surface area contributed by atoms with E-state index in [1.54, 1.807) is 32.0 Å². The molecular weight excluding hydrogens is 418 g/mol. The van der Waals surface area contributed by atoms with Crippen molar-refractivity contribution in [2.24, 2.45) is 12.2 Å². The Balaban J connectivity index is 1.91. The number of halogens is 4. The molecule has 1 aromatic heterocycles. The maximum Gasteiger partial charge on any atom is 0.416 e. The number of alkyl halides is 3. The monoisotopic (exact) mass is 437 g/mol. The van der Waals surface area contributed by atoms with E-state index in [1.165, 1.54) is 7.05 Å². The molecule has 0 unspecified atom stereocenters. The van der Waals surface area contributed by atoms with Crippen LogP contribution in [0.25, 0.3) is 5.69 Å². The fourth-order valence-electron chi connectivity index (χ4n) is 2.95. The topological polar surface area (TPSA) is 74.3 Å². The minimum Gasteiger partial charge on any atom is -0.391 e. The molecule has 0 saturated carbocycles. The van der Waals surface area contributed by atoms with Gasteiger partial charge in [0.2, 0.25) is 0 Å². The summed E-state index contributed by atoms with van der Waals surface area (Å²) in [5, 5.41) is 11.4. The number of rotatable bonds is 6. The molecule has 0 atom stereocenters. The van der Waals surface area contributed by atoms with Gasteiger partial charge in [0.25, 0.3) is 0 Å². The number of hydrogen-bond acceptors (Lipinski definition) is 5. The van der Waals surface area contributed by atoms with E-state index in [4.69, 9.17) is 4.84 Å². The maximum absolute atomic E-state index is 13.7. The van der Waals surface area contributed by atoms with Gasteiger partial charge in [0.15, 0.2) is 0 Å². The second-order valence-electron chi connectivity index (χ2n) is 6.76. The second-order valence-corrected chi connectivity index (χ2v) is 6.76. The zero-order valence-electron chi connectivity index (χ0n) is 16.9. The van der Waals surface area contributed by atoms with Crippen LogP contribution < -0.4 is 5.69 Å². The molecule has 0 bridgehead atoms. The molecule has 2 aromatic carbocycles. The zero-order valence-corrected chi connectivity index (χ0v) is 16.9. The van der Waals surface area contributed by atoms with Crippen LogP contribution in [0.2, 0.25) is 0 Å². The predicted molar refractivity (Wildman–Crippen MR) is 104 cm³/mol. The average molecular weight is 437 g/mol. The summed E-state index contributed by atoms with van der Waals surface area (Å²) >= 11 is 0. The van der Waals surface area contributed by atoms with Crippen molar-refractivity contribution in [3.8, 4) is 5.69 Å². The van der Waals surface area contributed by atoms with Gasteiger partial charge in [-0.3, -0.25) is 0 Å². The van der Waals surface area contributed by atoms with E-state index in [2.05, 4.69) is 15.6 Å². The Morgan fingerprint density at radius 3 is 2.55 bits per heavy atom. The molecule has 3 aromatic rings. The molecule has 0 spiro atoms. The van der Waals surface area contributed by atoms with Crippen LogP contribution in [0.3, 0.4) is 0 Å². The van der Waals surface area contributed by atoms with Crippen LogP contribution >= 0.6 is 0 Å². The van der Waals surface area contributed by atoms with E-state index in [-0.39, 0.29) is 24.3 Å². The summed E-state index contributed by atoms with van der Waals surface area (Å²) < 4.78 is 54.9. The molecule has 0 aliphatic rings. The molecule has 0 saturated heterocycles. The number of hydrogen-bond donors (Lipinski definition) is 0. The van der Waals surface area contributed by atoms with Gasteiger partial charge in [-0.05, 0) is 53.6 Å². The van der Waals surface area contributed by atoms with Crippen LogP contribution in [0, 0.1) is 12.7 Å². The Kier molecular flexibility index (Phi) is 6.23. The normalized spacial score (nSPS) is 12.3. The second kappa shape index (κ2) is 8.70.